The summed E-state index contributed by atoms with van der Waals surface area (Å²) in [5.74, 6) is -0.779. The molecule has 27 heavy (non-hydrogen) atoms. The lowest BCUT2D eigenvalue weighted by molar-refractivity contribution is -0.138. The number of aliphatic carboxylic acids is 1. The first kappa shape index (κ1) is 20.5. The summed E-state index contributed by atoms with van der Waals surface area (Å²) in [4.78, 5) is 12.0. The van der Waals surface area contributed by atoms with Crippen molar-refractivity contribution in [3.8, 4) is 5.75 Å². The van der Waals surface area contributed by atoms with Crippen molar-refractivity contribution in [3.63, 3.8) is 0 Å². The van der Waals surface area contributed by atoms with Gasteiger partial charge in [0.05, 0.1) is 6.61 Å². The van der Waals surface area contributed by atoms with Crippen LogP contribution >= 0.6 is 11.6 Å². The molecule has 0 radical (unpaired) electrons. The highest BCUT2D eigenvalue weighted by Gasteiger charge is 2.26. The van der Waals surface area contributed by atoms with Gasteiger partial charge in [0.25, 0.3) is 0 Å². The number of hydrogen-bond acceptors (Lipinski definition) is 5. The Labute approximate surface area is 162 Å². The van der Waals surface area contributed by atoms with Crippen molar-refractivity contribution in [1.29, 1.82) is 5.41 Å². The van der Waals surface area contributed by atoms with E-state index in [2.05, 4.69) is 5.32 Å². The summed E-state index contributed by atoms with van der Waals surface area (Å²) in [6, 6.07) is 8.69. The molecule has 1 unspecified atom stereocenters. The van der Waals surface area contributed by atoms with E-state index < -0.39 is 12.0 Å². The lowest BCUT2D eigenvalue weighted by Crippen LogP contribution is -2.22. The van der Waals surface area contributed by atoms with Gasteiger partial charge in [-0.25, -0.2) is 4.79 Å². The van der Waals surface area contributed by atoms with Crippen LogP contribution in [0.1, 0.15) is 29.7 Å². The van der Waals surface area contributed by atoms with E-state index in [4.69, 9.17) is 32.6 Å². The smallest absolute Gasteiger partial charge is 0.330 e. The maximum Gasteiger partial charge on any atom is 0.330 e. The largest absolute Gasteiger partial charge is 0.491 e. The first-order valence-electron chi connectivity index (χ1n) is 8.37. The van der Waals surface area contributed by atoms with Gasteiger partial charge in [-0.3, -0.25) is 5.41 Å². The third kappa shape index (κ3) is 5.12. The Balaban J connectivity index is 2.44. The lowest BCUT2D eigenvalue weighted by Gasteiger charge is -2.22. The van der Waals surface area contributed by atoms with E-state index in [1.165, 1.54) is 0 Å². The second kappa shape index (κ2) is 9.25. The Hall–Kier alpha value is -2.77. The first-order valence-corrected chi connectivity index (χ1v) is 8.75. The molecule has 2 aromatic rings. The van der Waals surface area contributed by atoms with Gasteiger partial charge in [-0.05, 0) is 48.4 Å². The molecular formula is C19H22ClN3O4. The number of ether oxygens (including phenoxy) is 1. The molecule has 0 spiro atoms. The predicted octanol–water partition coefficient (Wildman–Crippen LogP) is 2.80. The zero-order chi connectivity index (χ0) is 20.0. The number of anilines is 1. The summed E-state index contributed by atoms with van der Waals surface area (Å²) in [5, 5.41) is 29.6. The van der Waals surface area contributed by atoms with Crippen molar-refractivity contribution < 1.29 is 19.7 Å². The average Bonchev–Trinajstić information content (AvgIpc) is 2.64. The van der Waals surface area contributed by atoms with E-state index in [-0.39, 0.29) is 19.0 Å². The number of nitrogens with one attached hydrogen (secondary N) is 2. The molecule has 0 aliphatic carbocycles. The van der Waals surface area contributed by atoms with Crippen LogP contribution in [-0.2, 0) is 11.2 Å². The Kier molecular flexibility index (Phi) is 7.04. The molecule has 6 N–H and O–H groups in total. The molecule has 0 aliphatic heterocycles. The summed E-state index contributed by atoms with van der Waals surface area (Å²) < 4.78 is 5.63. The van der Waals surface area contributed by atoms with Gasteiger partial charge < -0.3 is 26.0 Å². The topological polar surface area (TPSA) is 129 Å². The van der Waals surface area contributed by atoms with Crippen LogP contribution in [0.2, 0.25) is 5.02 Å². The van der Waals surface area contributed by atoms with E-state index in [0.29, 0.717) is 34.0 Å². The molecule has 0 heterocycles. The number of aliphatic hydroxyl groups is 1. The van der Waals surface area contributed by atoms with Gasteiger partial charge in [0.15, 0.2) is 6.04 Å². The van der Waals surface area contributed by atoms with E-state index in [1.807, 2.05) is 6.92 Å². The van der Waals surface area contributed by atoms with Crippen molar-refractivity contribution in [2.75, 3.05) is 18.5 Å². The number of benzene rings is 2. The molecule has 0 amide bonds. The summed E-state index contributed by atoms with van der Waals surface area (Å²) >= 11 is 6.18. The molecule has 0 aliphatic rings. The van der Waals surface area contributed by atoms with Crippen LogP contribution in [-0.4, -0.2) is 35.2 Å². The summed E-state index contributed by atoms with van der Waals surface area (Å²) in [5.41, 5.74) is 7.64. The SMILES string of the molecule is CCc1cc(Cl)cc(C(Nc2ccc(C(=N)N)cc2)C(=O)O)c1OCCO. The average molecular weight is 392 g/mol. The normalized spacial score (nSPS) is 11.7. The number of nitrogens with two attached hydrogens (primary N) is 1. The fourth-order valence-corrected chi connectivity index (χ4v) is 2.91. The zero-order valence-electron chi connectivity index (χ0n) is 14.8. The highest BCUT2D eigenvalue weighted by Crippen LogP contribution is 2.35. The second-order valence-corrected chi connectivity index (χ2v) is 6.25. The Morgan fingerprint density at radius 3 is 2.52 bits per heavy atom. The van der Waals surface area contributed by atoms with Crippen LogP contribution in [0.25, 0.3) is 0 Å². The number of aliphatic hydroxyl groups excluding tert-OH is 1. The van der Waals surface area contributed by atoms with E-state index in [9.17, 15) is 9.90 Å². The fourth-order valence-electron chi connectivity index (χ4n) is 2.66. The molecule has 2 aromatic carbocycles. The van der Waals surface area contributed by atoms with E-state index >= 15 is 0 Å². The minimum atomic E-state index is -1.12. The van der Waals surface area contributed by atoms with Gasteiger partial charge in [-0.2, -0.15) is 0 Å². The van der Waals surface area contributed by atoms with Crippen LogP contribution in [0, 0.1) is 5.41 Å². The highest BCUT2D eigenvalue weighted by molar-refractivity contribution is 6.30. The predicted molar refractivity (Wildman–Crippen MR) is 105 cm³/mol. The maximum atomic E-state index is 12.0. The molecule has 0 saturated carbocycles. The van der Waals surface area contributed by atoms with E-state index in [1.54, 1.807) is 36.4 Å². The van der Waals surface area contributed by atoms with Crippen LogP contribution in [0.15, 0.2) is 36.4 Å². The molecule has 0 aromatic heterocycles. The quantitative estimate of drug-likeness (QED) is 0.330. The number of hydrogen-bond donors (Lipinski definition) is 5. The number of amidine groups is 1. The van der Waals surface area contributed by atoms with Crippen molar-refractivity contribution in [3.05, 3.63) is 58.1 Å². The molecule has 0 saturated heterocycles. The second-order valence-electron chi connectivity index (χ2n) is 5.82. The molecule has 144 valence electrons. The minimum Gasteiger partial charge on any atom is -0.491 e. The molecule has 1 atom stereocenters. The molecule has 8 heteroatoms. The number of rotatable bonds is 9. The number of carbonyl (C=O) groups is 1. The Bertz CT molecular complexity index is 824. The Morgan fingerprint density at radius 1 is 1.33 bits per heavy atom. The van der Waals surface area contributed by atoms with Crippen molar-refractivity contribution in [2.45, 2.75) is 19.4 Å². The number of carboxylic acid groups (broad SMARTS) is 1. The molecule has 0 bridgehead atoms. The monoisotopic (exact) mass is 391 g/mol. The number of nitrogen functional groups attached to an aromatic ring is 1. The van der Waals surface area contributed by atoms with Crippen LogP contribution in [0.3, 0.4) is 0 Å². The third-order valence-corrected chi connectivity index (χ3v) is 4.16. The molecule has 2 rings (SSSR count). The number of halogens is 1. The van der Waals surface area contributed by atoms with Crippen LogP contribution in [0.4, 0.5) is 5.69 Å². The highest BCUT2D eigenvalue weighted by atomic mass is 35.5. The molecule has 7 nitrogen and oxygen atoms in total. The lowest BCUT2D eigenvalue weighted by atomic mass is 10.00. The van der Waals surface area contributed by atoms with Gasteiger partial charge in [-0.15, -0.1) is 0 Å². The first-order chi connectivity index (χ1) is 12.9. The fraction of sp³-hybridized carbons (Fsp3) is 0.263. The van der Waals surface area contributed by atoms with Crippen LogP contribution < -0.4 is 15.8 Å². The summed E-state index contributed by atoms with van der Waals surface area (Å²) in [7, 11) is 0. The maximum absolute atomic E-state index is 12.0. The zero-order valence-corrected chi connectivity index (χ0v) is 15.6. The summed E-state index contributed by atoms with van der Waals surface area (Å²) in [6.07, 6.45) is 0.591. The van der Waals surface area contributed by atoms with Crippen molar-refractivity contribution in [1.82, 2.24) is 0 Å². The molecule has 0 fully saturated rings. The minimum absolute atomic E-state index is 0.0429. The third-order valence-electron chi connectivity index (χ3n) is 3.94. The van der Waals surface area contributed by atoms with E-state index in [0.717, 1.165) is 5.56 Å². The number of aryl methyl sites for hydroxylation is 1. The standard InChI is InChI=1S/C19H22ClN3O4/c1-2-11-9-13(20)10-15(17(11)27-8-7-24)16(19(25)26)23-14-5-3-12(4-6-14)18(21)22/h3-6,9-10,16,23-24H,2,7-8H2,1H3,(H3,21,22)(H,25,26). The van der Waals surface area contributed by atoms with Gasteiger partial charge >= 0.3 is 5.97 Å². The van der Waals surface area contributed by atoms with Crippen LogP contribution in [0.5, 0.6) is 5.75 Å². The molecular weight excluding hydrogens is 370 g/mol. The van der Waals surface area contributed by atoms with Gasteiger partial charge in [0.1, 0.15) is 18.2 Å². The number of carboxylic acids is 1. The summed E-state index contributed by atoms with van der Waals surface area (Å²) in [6.45, 7) is 1.76. The van der Waals surface area contributed by atoms with Gasteiger partial charge in [-0.1, -0.05) is 18.5 Å². The van der Waals surface area contributed by atoms with Gasteiger partial charge in [0.2, 0.25) is 0 Å². The van der Waals surface area contributed by atoms with Crippen molar-refractivity contribution in [2.24, 2.45) is 5.73 Å². The Morgan fingerprint density at radius 2 is 2.00 bits per heavy atom. The van der Waals surface area contributed by atoms with Crippen molar-refractivity contribution >= 4 is 29.1 Å². The van der Waals surface area contributed by atoms with Gasteiger partial charge in [0, 0.05) is 21.8 Å².